The van der Waals surface area contributed by atoms with E-state index < -0.39 is 0 Å². The van der Waals surface area contributed by atoms with Gasteiger partial charge in [-0.3, -0.25) is 4.79 Å². The topological polar surface area (TPSA) is 38.3 Å². The molecule has 1 fully saturated rings. The minimum atomic E-state index is -0.0518. The van der Waals surface area contributed by atoms with Crippen molar-refractivity contribution in [2.24, 2.45) is 5.92 Å². The van der Waals surface area contributed by atoms with Gasteiger partial charge in [0.05, 0.1) is 9.21 Å². The largest absolute Gasteiger partial charge is 0.381 e. The molecule has 2 rings (SSSR count). The fourth-order valence-corrected chi connectivity index (χ4v) is 2.39. The third kappa shape index (κ3) is 4.66. The van der Waals surface area contributed by atoms with Crippen LogP contribution in [0.3, 0.4) is 0 Å². The van der Waals surface area contributed by atoms with E-state index in [0.29, 0.717) is 15.8 Å². The van der Waals surface area contributed by atoms with Gasteiger partial charge in [0.25, 0.3) is 5.91 Å². The number of amides is 1. The molecule has 0 aromatic carbocycles. The van der Waals surface area contributed by atoms with Gasteiger partial charge in [-0.2, -0.15) is 0 Å². The molecule has 0 spiro atoms. The summed E-state index contributed by atoms with van der Waals surface area (Å²) in [6.45, 7) is 2.26. The first-order chi connectivity index (χ1) is 8.25. The Kier molecular flexibility index (Phi) is 4.83. The maximum Gasteiger partial charge on any atom is 0.261 e. The summed E-state index contributed by atoms with van der Waals surface area (Å²) in [5.41, 5.74) is 0. The molecule has 0 unspecified atom stereocenters. The van der Waals surface area contributed by atoms with Gasteiger partial charge in [0.1, 0.15) is 0 Å². The van der Waals surface area contributed by atoms with Crippen molar-refractivity contribution in [3.05, 3.63) is 21.3 Å². The van der Waals surface area contributed by atoms with Crippen molar-refractivity contribution in [3.8, 4) is 0 Å². The molecule has 0 radical (unpaired) electrons. The molecule has 0 bridgehead atoms. The highest BCUT2D eigenvalue weighted by atomic mass is 35.5. The normalized spacial score (nSPS) is 14.9. The molecule has 1 amide bonds. The summed E-state index contributed by atoms with van der Waals surface area (Å²) in [5.74, 6) is 0.752. The standard InChI is InChI=1S/C12H16ClNO2S/c13-11-5-4-10(17-11)12(15)14-6-1-7-16-8-9-2-3-9/h4-5,9H,1-3,6-8H2,(H,14,15). The van der Waals surface area contributed by atoms with Crippen molar-refractivity contribution in [2.75, 3.05) is 19.8 Å². The van der Waals surface area contributed by atoms with Crippen LogP contribution >= 0.6 is 22.9 Å². The summed E-state index contributed by atoms with van der Waals surface area (Å²) in [4.78, 5) is 12.3. The van der Waals surface area contributed by atoms with Crippen LogP contribution in [0.15, 0.2) is 12.1 Å². The van der Waals surface area contributed by atoms with Gasteiger partial charge in [0.15, 0.2) is 0 Å². The van der Waals surface area contributed by atoms with Crippen LogP contribution in [-0.2, 0) is 4.74 Å². The fourth-order valence-electron chi connectivity index (χ4n) is 1.43. The lowest BCUT2D eigenvalue weighted by atomic mass is 10.4. The SMILES string of the molecule is O=C(NCCCOCC1CC1)c1ccc(Cl)s1. The van der Waals surface area contributed by atoms with Crippen LogP contribution in [0.5, 0.6) is 0 Å². The highest BCUT2D eigenvalue weighted by Crippen LogP contribution is 2.28. The number of rotatable bonds is 7. The Morgan fingerprint density at radius 1 is 1.53 bits per heavy atom. The lowest BCUT2D eigenvalue weighted by Gasteiger charge is -2.04. The lowest BCUT2D eigenvalue weighted by Crippen LogP contribution is -2.24. The average Bonchev–Trinajstić information content (AvgIpc) is 3.04. The predicted molar refractivity (Wildman–Crippen MR) is 69.8 cm³/mol. The van der Waals surface area contributed by atoms with Gasteiger partial charge in [-0.1, -0.05) is 11.6 Å². The summed E-state index contributed by atoms with van der Waals surface area (Å²) in [5, 5.41) is 2.85. The first-order valence-electron chi connectivity index (χ1n) is 5.87. The number of nitrogens with one attached hydrogen (secondary N) is 1. The van der Waals surface area contributed by atoms with Crippen LogP contribution in [0.2, 0.25) is 4.34 Å². The number of hydrogen-bond acceptors (Lipinski definition) is 3. The van der Waals surface area contributed by atoms with Gasteiger partial charge in [0.2, 0.25) is 0 Å². The quantitative estimate of drug-likeness (QED) is 0.776. The summed E-state index contributed by atoms with van der Waals surface area (Å²) in [6.07, 6.45) is 3.49. The van der Waals surface area contributed by atoms with E-state index in [0.717, 1.165) is 25.6 Å². The molecule has 5 heteroatoms. The molecule has 1 aliphatic carbocycles. The second-order valence-electron chi connectivity index (χ2n) is 4.23. The molecule has 1 saturated carbocycles. The molecule has 0 saturated heterocycles. The first kappa shape index (κ1) is 12.9. The fraction of sp³-hybridized carbons (Fsp3) is 0.583. The minimum absolute atomic E-state index is 0.0518. The van der Waals surface area contributed by atoms with Crippen LogP contribution in [0.1, 0.15) is 28.9 Å². The van der Waals surface area contributed by atoms with E-state index in [9.17, 15) is 4.79 Å². The molecule has 1 N–H and O–H groups in total. The molecule has 1 heterocycles. The first-order valence-corrected chi connectivity index (χ1v) is 7.06. The Morgan fingerprint density at radius 3 is 3.00 bits per heavy atom. The zero-order valence-electron chi connectivity index (χ0n) is 9.58. The van der Waals surface area contributed by atoms with Crippen LogP contribution in [-0.4, -0.2) is 25.7 Å². The van der Waals surface area contributed by atoms with Crippen LogP contribution in [0.25, 0.3) is 0 Å². The van der Waals surface area contributed by atoms with Gasteiger partial charge >= 0.3 is 0 Å². The summed E-state index contributed by atoms with van der Waals surface area (Å²) >= 11 is 7.06. The van der Waals surface area contributed by atoms with Gasteiger partial charge in [-0.25, -0.2) is 0 Å². The van der Waals surface area contributed by atoms with Gasteiger partial charge in [-0.05, 0) is 37.3 Å². The average molecular weight is 274 g/mol. The lowest BCUT2D eigenvalue weighted by molar-refractivity contribution is 0.0941. The highest BCUT2D eigenvalue weighted by molar-refractivity contribution is 7.17. The Morgan fingerprint density at radius 2 is 2.35 bits per heavy atom. The van der Waals surface area contributed by atoms with E-state index >= 15 is 0 Å². The highest BCUT2D eigenvalue weighted by Gasteiger charge is 2.20. The molecular weight excluding hydrogens is 258 g/mol. The number of halogens is 1. The Balaban J connectivity index is 1.53. The van der Waals surface area contributed by atoms with Crippen LogP contribution in [0.4, 0.5) is 0 Å². The third-order valence-electron chi connectivity index (χ3n) is 2.60. The maximum absolute atomic E-state index is 11.6. The Hall–Kier alpha value is -0.580. The van der Waals surface area contributed by atoms with Gasteiger partial charge < -0.3 is 10.1 Å². The van der Waals surface area contributed by atoms with E-state index in [2.05, 4.69) is 5.32 Å². The monoisotopic (exact) mass is 273 g/mol. The number of carbonyl (C=O) groups is 1. The number of ether oxygens (including phenoxy) is 1. The zero-order chi connectivity index (χ0) is 12.1. The summed E-state index contributed by atoms with van der Waals surface area (Å²) in [6, 6.07) is 3.48. The van der Waals surface area contributed by atoms with E-state index in [1.54, 1.807) is 12.1 Å². The van der Waals surface area contributed by atoms with Gasteiger partial charge in [0, 0.05) is 19.8 Å². The molecule has 17 heavy (non-hydrogen) atoms. The number of carbonyl (C=O) groups excluding carboxylic acids is 1. The van der Waals surface area contributed by atoms with E-state index in [4.69, 9.17) is 16.3 Å². The number of thiophene rings is 1. The Bertz CT molecular complexity index is 376. The van der Waals surface area contributed by atoms with Crippen molar-refractivity contribution < 1.29 is 9.53 Å². The molecule has 94 valence electrons. The summed E-state index contributed by atoms with van der Waals surface area (Å²) < 4.78 is 6.12. The van der Waals surface area contributed by atoms with Crippen molar-refractivity contribution in [3.63, 3.8) is 0 Å². The van der Waals surface area contributed by atoms with Crippen molar-refractivity contribution in [2.45, 2.75) is 19.3 Å². The van der Waals surface area contributed by atoms with Gasteiger partial charge in [-0.15, -0.1) is 11.3 Å². The van der Waals surface area contributed by atoms with Crippen molar-refractivity contribution in [1.29, 1.82) is 0 Å². The maximum atomic E-state index is 11.6. The second kappa shape index (κ2) is 6.38. The van der Waals surface area contributed by atoms with Crippen LogP contribution in [0, 0.1) is 5.92 Å². The molecule has 1 aliphatic rings. The smallest absolute Gasteiger partial charge is 0.261 e. The predicted octanol–water partition coefficient (Wildman–Crippen LogP) is 2.95. The van der Waals surface area contributed by atoms with Crippen LogP contribution < -0.4 is 5.32 Å². The second-order valence-corrected chi connectivity index (χ2v) is 5.95. The molecule has 1 aromatic rings. The van der Waals surface area contributed by atoms with E-state index in [1.807, 2.05) is 0 Å². The van der Waals surface area contributed by atoms with Crippen molar-refractivity contribution >= 4 is 28.8 Å². The molecular formula is C12H16ClNO2S. The van der Waals surface area contributed by atoms with Crippen molar-refractivity contribution in [1.82, 2.24) is 5.32 Å². The van der Waals surface area contributed by atoms with E-state index in [1.165, 1.54) is 24.2 Å². The molecule has 0 aliphatic heterocycles. The van der Waals surface area contributed by atoms with E-state index in [-0.39, 0.29) is 5.91 Å². The summed E-state index contributed by atoms with van der Waals surface area (Å²) in [7, 11) is 0. The molecule has 0 atom stereocenters. The zero-order valence-corrected chi connectivity index (χ0v) is 11.1. The third-order valence-corrected chi connectivity index (χ3v) is 3.83. The number of hydrogen-bond donors (Lipinski definition) is 1. The minimum Gasteiger partial charge on any atom is -0.381 e. The molecule has 1 aromatic heterocycles. The Labute approximate surface area is 110 Å². The molecule has 3 nitrogen and oxygen atoms in total.